The average Bonchev–Trinajstić information content (AvgIpc) is 2.95. The number of nitrogens with one attached hydrogen (secondary N) is 2. The molecule has 0 bridgehead atoms. The van der Waals surface area contributed by atoms with Crippen LogP contribution in [0.4, 0.5) is 5.69 Å². The molecule has 1 atom stereocenters. The summed E-state index contributed by atoms with van der Waals surface area (Å²) in [5.41, 5.74) is 3.88. The predicted octanol–water partition coefficient (Wildman–Crippen LogP) is 5.75. The normalized spacial score (nSPS) is 12.2. The summed E-state index contributed by atoms with van der Waals surface area (Å²) < 4.78 is 5.87. The zero-order valence-corrected chi connectivity index (χ0v) is 15.4. The lowest BCUT2D eigenvalue weighted by Gasteiger charge is -2.17. The summed E-state index contributed by atoms with van der Waals surface area (Å²) in [7, 11) is 0. The molecule has 1 aromatic heterocycles. The van der Waals surface area contributed by atoms with Gasteiger partial charge in [-0.05, 0) is 62.3 Å². The van der Waals surface area contributed by atoms with Crippen LogP contribution in [0.1, 0.15) is 29.9 Å². The minimum absolute atomic E-state index is 0.0538. The van der Waals surface area contributed by atoms with Crippen LogP contribution >= 0.6 is 23.8 Å². The van der Waals surface area contributed by atoms with Gasteiger partial charge in [0.1, 0.15) is 11.3 Å². The van der Waals surface area contributed by atoms with E-state index in [1.807, 2.05) is 57.2 Å². The van der Waals surface area contributed by atoms with Crippen LogP contribution in [-0.4, -0.2) is 5.11 Å². The fourth-order valence-corrected chi connectivity index (χ4v) is 3.35. The van der Waals surface area contributed by atoms with E-state index in [1.54, 1.807) is 0 Å². The Labute approximate surface area is 152 Å². The standard InChI is InChI=1S/C19H19ClN2OS/c1-11-8-12(2)18(15(20)9-11)22-19(24)21-13(3)17-10-14-6-4-5-7-16(14)23-17/h4-10,13H,1-3H3,(H2,21,22,24)/t13-/m1/s1. The third-order valence-corrected chi connectivity index (χ3v) is 4.41. The quantitative estimate of drug-likeness (QED) is 0.584. The van der Waals surface area contributed by atoms with Crippen molar-refractivity contribution in [2.24, 2.45) is 0 Å². The largest absolute Gasteiger partial charge is 0.459 e. The number of aryl methyl sites for hydroxylation is 2. The molecule has 0 fully saturated rings. The molecule has 3 aromatic rings. The molecule has 124 valence electrons. The van der Waals surface area contributed by atoms with Crippen molar-refractivity contribution in [3.63, 3.8) is 0 Å². The van der Waals surface area contributed by atoms with Crippen LogP contribution in [0.25, 0.3) is 11.0 Å². The Morgan fingerprint density at radius 3 is 2.62 bits per heavy atom. The Hall–Kier alpha value is -2.04. The predicted molar refractivity (Wildman–Crippen MR) is 105 cm³/mol. The molecule has 3 nitrogen and oxygen atoms in total. The first-order valence-corrected chi connectivity index (χ1v) is 8.55. The molecule has 0 amide bonds. The molecule has 0 saturated heterocycles. The first kappa shape index (κ1) is 16.8. The van der Waals surface area contributed by atoms with E-state index in [0.29, 0.717) is 10.1 Å². The average molecular weight is 359 g/mol. The smallest absolute Gasteiger partial charge is 0.171 e. The molecule has 0 aliphatic heterocycles. The van der Waals surface area contributed by atoms with Crippen molar-refractivity contribution < 1.29 is 4.42 Å². The van der Waals surface area contributed by atoms with Gasteiger partial charge in [-0.15, -0.1) is 0 Å². The Morgan fingerprint density at radius 2 is 1.92 bits per heavy atom. The van der Waals surface area contributed by atoms with Gasteiger partial charge in [0.05, 0.1) is 16.8 Å². The zero-order valence-electron chi connectivity index (χ0n) is 13.8. The lowest BCUT2D eigenvalue weighted by molar-refractivity contribution is 0.493. The molecule has 3 rings (SSSR count). The molecule has 1 heterocycles. The van der Waals surface area contributed by atoms with Gasteiger partial charge in [0.25, 0.3) is 0 Å². The minimum Gasteiger partial charge on any atom is -0.459 e. The highest BCUT2D eigenvalue weighted by atomic mass is 35.5. The van der Waals surface area contributed by atoms with Crippen molar-refractivity contribution >= 4 is 45.6 Å². The summed E-state index contributed by atoms with van der Waals surface area (Å²) in [6.45, 7) is 6.03. The summed E-state index contributed by atoms with van der Waals surface area (Å²) in [6, 6.07) is 13.9. The second kappa shape index (κ2) is 6.83. The zero-order chi connectivity index (χ0) is 17.3. The van der Waals surface area contributed by atoms with E-state index in [9.17, 15) is 0 Å². The van der Waals surface area contributed by atoms with Crippen LogP contribution in [0.2, 0.25) is 5.02 Å². The van der Waals surface area contributed by atoms with Gasteiger partial charge in [-0.2, -0.15) is 0 Å². The van der Waals surface area contributed by atoms with Crippen LogP contribution in [-0.2, 0) is 0 Å². The molecule has 0 radical (unpaired) electrons. The highest BCUT2D eigenvalue weighted by molar-refractivity contribution is 7.80. The van der Waals surface area contributed by atoms with Crippen LogP contribution in [0.15, 0.2) is 46.9 Å². The number of para-hydroxylation sites is 1. The van der Waals surface area contributed by atoms with Crippen molar-refractivity contribution in [1.29, 1.82) is 0 Å². The fourth-order valence-electron chi connectivity index (χ4n) is 2.71. The summed E-state index contributed by atoms with van der Waals surface area (Å²) in [5.74, 6) is 0.840. The maximum Gasteiger partial charge on any atom is 0.171 e. The number of hydrogen-bond donors (Lipinski definition) is 2. The van der Waals surface area contributed by atoms with Crippen molar-refractivity contribution in [3.8, 4) is 0 Å². The number of thiocarbonyl (C=S) groups is 1. The molecule has 0 spiro atoms. The molecule has 0 aliphatic carbocycles. The molecule has 24 heavy (non-hydrogen) atoms. The SMILES string of the molecule is Cc1cc(C)c(NC(=S)N[C@H](C)c2cc3ccccc3o2)c(Cl)c1. The Balaban J connectivity index is 1.72. The Bertz CT molecular complexity index is 847. The summed E-state index contributed by atoms with van der Waals surface area (Å²) in [6.07, 6.45) is 0. The number of hydrogen-bond acceptors (Lipinski definition) is 2. The van der Waals surface area contributed by atoms with Crippen molar-refractivity contribution in [3.05, 3.63) is 64.4 Å². The maximum atomic E-state index is 6.32. The van der Waals surface area contributed by atoms with Crippen molar-refractivity contribution in [1.82, 2.24) is 5.32 Å². The number of anilines is 1. The Kier molecular flexibility index (Phi) is 4.78. The number of benzene rings is 2. The lowest BCUT2D eigenvalue weighted by Crippen LogP contribution is -2.31. The first-order valence-electron chi connectivity index (χ1n) is 7.77. The van der Waals surface area contributed by atoms with Crippen molar-refractivity contribution in [2.45, 2.75) is 26.8 Å². The summed E-state index contributed by atoms with van der Waals surface area (Å²) in [5, 5.41) is 8.68. The van der Waals surface area contributed by atoms with E-state index in [0.717, 1.165) is 33.5 Å². The van der Waals surface area contributed by atoms with Gasteiger partial charge >= 0.3 is 0 Å². The summed E-state index contributed by atoms with van der Waals surface area (Å²) in [4.78, 5) is 0. The van der Waals surface area contributed by atoms with Crippen LogP contribution in [0.3, 0.4) is 0 Å². The van der Waals surface area contributed by atoms with Gasteiger partial charge in [-0.3, -0.25) is 0 Å². The molecular weight excluding hydrogens is 340 g/mol. The van der Waals surface area contributed by atoms with E-state index >= 15 is 0 Å². The number of furan rings is 1. The molecular formula is C19H19ClN2OS. The minimum atomic E-state index is -0.0538. The fraction of sp³-hybridized carbons (Fsp3) is 0.211. The van der Waals surface area contributed by atoms with E-state index in [4.69, 9.17) is 28.2 Å². The van der Waals surface area contributed by atoms with Gasteiger partial charge in [0.15, 0.2) is 5.11 Å². The van der Waals surface area contributed by atoms with E-state index in [-0.39, 0.29) is 6.04 Å². The number of rotatable bonds is 3. The van der Waals surface area contributed by atoms with Crippen molar-refractivity contribution in [2.75, 3.05) is 5.32 Å². The molecule has 5 heteroatoms. The van der Waals surface area contributed by atoms with E-state index in [1.165, 1.54) is 0 Å². The Morgan fingerprint density at radius 1 is 1.17 bits per heavy atom. The van der Waals surface area contributed by atoms with Crippen LogP contribution in [0.5, 0.6) is 0 Å². The topological polar surface area (TPSA) is 37.2 Å². The molecule has 0 saturated carbocycles. The van der Waals surface area contributed by atoms with Gasteiger partial charge in [-0.1, -0.05) is 35.9 Å². The third-order valence-electron chi connectivity index (χ3n) is 3.89. The van der Waals surface area contributed by atoms with E-state index in [2.05, 4.69) is 16.7 Å². The number of halogens is 1. The molecule has 2 N–H and O–H groups in total. The second-order valence-corrected chi connectivity index (χ2v) is 6.76. The second-order valence-electron chi connectivity index (χ2n) is 5.95. The third kappa shape index (κ3) is 3.55. The molecule has 0 aliphatic rings. The molecule has 2 aromatic carbocycles. The highest BCUT2D eigenvalue weighted by Gasteiger charge is 2.14. The maximum absolute atomic E-state index is 6.32. The lowest BCUT2D eigenvalue weighted by atomic mass is 10.1. The highest BCUT2D eigenvalue weighted by Crippen LogP contribution is 2.28. The van der Waals surface area contributed by atoms with Gasteiger partial charge in [0.2, 0.25) is 0 Å². The van der Waals surface area contributed by atoms with Crippen LogP contribution < -0.4 is 10.6 Å². The van der Waals surface area contributed by atoms with Gasteiger partial charge in [0, 0.05) is 5.39 Å². The van der Waals surface area contributed by atoms with E-state index < -0.39 is 0 Å². The first-order chi connectivity index (χ1) is 11.4. The number of fused-ring (bicyclic) bond motifs is 1. The summed E-state index contributed by atoms with van der Waals surface area (Å²) >= 11 is 11.7. The van der Waals surface area contributed by atoms with Gasteiger partial charge < -0.3 is 15.1 Å². The van der Waals surface area contributed by atoms with Gasteiger partial charge in [-0.25, -0.2) is 0 Å². The molecule has 0 unspecified atom stereocenters. The van der Waals surface area contributed by atoms with Crippen LogP contribution in [0, 0.1) is 13.8 Å². The monoisotopic (exact) mass is 358 g/mol.